The second kappa shape index (κ2) is 6.37. The summed E-state index contributed by atoms with van der Waals surface area (Å²) in [7, 11) is 1.90. The Morgan fingerprint density at radius 2 is 1.71 bits per heavy atom. The number of amides is 2. The van der Waals surface area contributed by atoms with Crippen LogP contribution in [0.2, 0.25) is 0 Å². The second-order valence-electron chi connectivity index (χ2n) is 7.19. The molecule has 4 nitrogen and oxygen atoms in total. The number of rotatable bonds is 4. The molecule has 21 heavy (non-hydrogen) atoms. The van der Waals surface area contributed by atoms with E-state index in [1.165, 1.54) is 32.1 Å². The molecular weight excluding hydrogens is 264 g/mol. The van der Waals surface area contributed by atoms with Crippen molar-refractivity contribution in [2.75, 3.05) is 20.1 Å². The molecule has 1 aliphatic heterocycles. The van der Waals surface area contributed by atoms with Crippen LogP contribution in [0.25, 0.3) is 0 Å². The van der Waals surface area contributed by atoms with Crippen LogP contribution in [-0.4, -0.2) is 47.8 Å². The van der Waals surface area contributed by atoms with E-state index in [1.54, 1.807) is 0 Å². The highest BCUT2D eigenvalue weighted by molar-refractivity contribution is 5.89. The molecule has 4 heteroatoms. The largest absolute Gasteiger partial charge is 0.344 e. The van der Waals surface area contributed by atoms with E-state index < -0.39 is 0 Å². The Kier molecular flexibility index (Phi) is 4.51. The molecule has 0 radical (unpaired) electrons. The van der Waals surface area contributed by atoms with Gasteiger partial charge in [0.05, 0.1) is 0 Å². The van der Waals surface area contributed by atoms with Gasteiger partial charge in [0.15, 0.2) is 0 Å². The number of hydrogen-bond acceptors (Lipinski definition) is 2. The molecule has 0 N–H and O–H groups in total. The first-order valence-corrected chi connectivity index (χ1v) is 8.72. The maximum atomic E-state index is 12.7. The van der Waals surface area contributed by atoms with E-state index in [9.17, 15) is 9.59 Å². The Balaban J connectivity index is 1.60. The monoisotopic (exact) mass is 292 g/mol. The van der Waals surface area contributed by atoms with Gasteiger partial charge < -0.3 is 9.80 Å². The third kappa shape index (κ3) is 3.41. The summed E-state index contributed by atoms with van der Waals surface area (Å²) in [6.45, 7) is 1.66. The van der Waals surface area contributed by atoms with Crippen molar-refractivity contribution in [1.29, 1.82) is 0 Å². The maximum Gasteiger partial charge on any atom is 0.245 e. The van der Waals surface area contributed by atoms with E-state index in [0.29, 0.717) is 5.92 Å². The van der Waals surface area contributed by atoms with Gasteiger partial charge in [0, 0.05) is 26.1 Å². The van der Waals surface area contributed by atoms with Crippen LogP contribution >= 0.6 is 0 Å². The quantitative estimate of drug-likeness (QED) is 0.798. The molecule has 3 rings (SSSR count). The average molecular weight is 292 g/mol. The van der Waals surface area contributed by atoms with E-state index in [2.05, 4.69) is 0 Å². The number of likely N-dealkylation sites (N-methyl/N-ethyl adjacent to an activating group) is 1. The Labute approximate surface area is 127 Å². The van der Waals surface area contributed by atoms with Crippen molar-refractivity contribution in [3.63, 3.8) is 0 Å². The summed E-state index contributed by atoms with van der Waals surface area (Å²) in [5.41, 5.74) is 0. The summed E-state index contributed by atoms with van der Waals surface area (Å²) in [4.78, 5) is 29.1. The van der Waals surface area contributed by atoms with Gasteiger partial charge in [-0.1, -0.05) is 19.3 Å². The second-order valence-corrected chi connectivity index (χ2v) is 7.19. The molecule has 0 aromatic rings. The maximum absolute atomic E-state index is 12.7. The smallest absolute Gasteiger partial charge is 0.245 e. The van der Waals surface area contributed by atoms with Crippen molar-refractivity contribution < 1.29 is 9.59 Å². The molecule has 0 aromatic carbocycles. The van der Waals surface area contributed by atoms with Gasteiger partial charge in [-0.2, -0.15) is 0 Å². The summed E-state index contributed by atoms with van der Waals surface area (Å²) >= 11 is 0. The molecule has 3 fully saturated rings. The minimum Gasteiger partial charge on any atom is -0.344 e. The minimum absolute atomic E-state index is 0.170. The zero-order chi connectivity index (χ0) is 14.8. The molecule has 0 unspecified atom stereocenters. The zero-order valence-corrected chi connectivity index (χ0v) is 13.2. The van der Waals surface area contributed by atoms with Gasteiger partial charge in [0.25, 0.3) is 0 Å². The van der Waals surface area contributed by atoms with Gasteiger partial charge >= 0.3 is 0 Å². The highest BCUT2D eigenvalue weighted by atomic mass is 16.2. The lowest BCUT2D eigenvalue weighted by atomic mass is 9.88. The Morgan fingerprint density at radius 1 is 1.00 bits per heavy atom. The molecule has 0 spiro atoms. The summed E-state index contributed by atoms with van der Waals surface area (Å²) < 4.78 is 0. The van der Waals surface area contributed by atoms with Crippen LogP contribution < -0.4 is 0 Å². The fraction of sp³-hybridized carbons (Fsp3) is 0.882. The van der Waals surface area contributed by atoms with Crippen LogP contribution in [0.15, 0.2) is 0 Å². The van der Waals surface area contributed by atoms with Crippen molar-refractivity contribution in [1.82, 2.24) is 9.80 Å². The topological polar surface area (TPSA) is 40.6 Å². The third-order valence-corrected chi connectivity index (χ3v) is 5.38. The molecule has 1 saturated heterocycles. The van der Waals surface area contributed by atoms with Crippen LogP contribution in [0.4, 0.5) is 0 Å². The third-order valence-electron chi connectivity index (χ3n) is 5.38. The van der Waals surface area contributed by atoms with Crippen LogP contribution in [0.1, 0.15) is 57.8 Å². The molecule has 2 aliphatic carbocycles. The summed E-state index contributed by atoms with van der Waals surface area (Å²) in [6, 6.07) is -0.178. The first-order chi connectivity index (χ1) is 10.2. The predicted octanol–water partition coefficient (Wildman–Crippen LogP) is 2.43. The molecular formula is C17H28N2O2. The van der Waals surface area contributed by atoms with Crippen LogP contribution in [-0.2, 0) is 9.59 Å². The molecule has 3 aliphatic rings. The van der Waals surface area contributed by atoms with Crippen LogP contribution in [0.3, 0.4) is 0 Å². The molecule has 0 aromatic heterocycles. The first-order valence-electron chi connectivity index (χ1n) is 8.72. The number of carbonyl (C=O) groups excluding carboxylic acids is 2. The molecule has 118 valence electrons. The minimum atomic E-state index is -0.178. The van der Waals surface area contributed by atoms with Gasteiger partial charge in [-0.3, -0.25) is 9.59 Å². The fourth-order valence-corrected chi connectivity index (χ4v) is 3.90. The van der Waals surface area contributed by atoms with E-state index in [1.807, 2.05) is 16.8 Å². The highest BCUT2D eigenvalue weighted by Gasteiger charge is 2.39. The SMILES string of the molecule is CN(CC1CC1)C(=O)[C@H]1CCCN1C(=O)C1CCCCC1. The summed E-state index contributed by atoms with van der Waals surface area (Å²) in [6.07, 6.45) is 9.99. The average Bonchev–Trinajstić information content (AvgIpc) is 3.19. The number of hydrogen-bond donors (Lipinski definition) is 0. The number of likely N-dealkylation sites (tertiary alicyclic amines) is 1. The number of carbonyl (C=O) groups is 2. The normalized spacial score (nSPS) is 26.9. The molecule has 2 amide bonds. The van der Waals surface area contributed by atoms with Gasteiger partial charge in [0.2, 0.25) is 11.8 Å². The van der Waals surface area contributed by atoms with Crippen molar-refractivity contribution in [3.8, 4) is 0 Å². The van der Waals surface area contributed by atoms with E-state index in [0.717, 1.165) is 38.8 Å². The molecule has 2 saturated carbocycles. The van der Waals surface area contributed by atoms with Gasteiger partial charge in [-0.05, 0) is 44.4 Å². The Hall–Kier alpha value is -1.06. The Bertz CT molecular complexity index is 400. The van der Waals surface area contributed by atoms with E-state index >= 15 is 0 Å². The highest BCUT2D eigenvalue weighted by Crippen LogP contribution is 2.31. The standard InChI is InChI=1S/C17H28N2O2/c1-18(12-13-9-10-13)17(21)15-8-5-11-19(15)16(20)14-6-3-2-4-7-14/h13-15H,2-12H2,1H3/t15-/m1/s1. The zero-order valence-electron chi connectivity index (χ0n) is 13.2. The van der Waals surface area contributed by atoms with Gasteiger partial charge in [-0.25, -0.2) is 0 Å². The Morgan fingerprint density at radius 3 is 2.38 bits per heavy atom. The van der Waals surface area contributed by atoms with Crippen molar-refractivity contribution >= 4 is 11.8 Å². The van der Waals surface area contributed by atoms with Crippen LogP contribution in [0, 0.1) is 11.8 Å². The lowest BCUT2D eigenvalue weighted by molar-refractivity contribution is -0.146. The van der Waals surface area contributed by atoms with Gasteiger partial charge in [-0.15, -0.1) is 0 Å². The van der Waals surface area contributed by atoms with Crippen molar-refractivity contribution in [2.45, 2.75) is 63.8 Å². The summed E-state index contributed by atoms with van der Waals surface area (Å²) in [5, 5.41) is 0. The number of nitrogens with zero attached hydrogens (tertiary/aromatic N) is 2. The predicted molar refractivity (Wildman–Crippen MR) is 81.7 cm³/mol. The van der Waals surface area contributed by atoms with E-state index in [4.69, 9.17) is 0 Å². The van der Waals surface area contributed by atoms with Crippen LogP contribution in [0.5, 0.6) is 0 Å². The van der Waals surface area contributed by atoms with E-state index in [-0.39, 0.29) is 23.8 Å². The van der Waals surface area contributed by atoms with Gasteiger partial charge in [0.1, 0.15) is 6.04 Å². The van der Waals surface area contributed by atoms with Crippen molar-refractivity contribution in [3.05, 3.63) is 0 Å². The first kappa shape index (κ1) is 14.9. The molecule has 1 heterocycles. The lowest BCUT2D eigenvalue weighted by Crippen LogP contribution is -2.48. The summed E-state index contributed by atoms with van der Waals surface area (Å²) in [5.74, 6) is 1.32. The fourth-order valence-electron chi connectivity index (χ4n) is 3.90. The lowest BCUT2D eigenvalue weighted by Gasteiger charge is -2.32. The molecule has 1 atom stereocenters. The molecule has 0 bridgehead atoms. The van der Waals surface area contributed by atoms with Crippen molar-refractivity contribution in [2.24, 2.45) is 11.8 Å².